The molecule has 0 radical (unpaired) electrons. The third-order valence-corrected chi connectivity index (χ3v) is 9.23. The summed E-state index contributed by atoms with van der Waals surface area (Å²) in [6, 6.07) is 11.8. The van der Waals surface area contributed by atoms with Crippen molar-refractivity contribution in [3.05, 3.63) is 99.2 Å². The molecule has 0 spiro atoms. The van der Waals surface area contributed by atoms with E-state index in [1.165, 1.54) is 30.9 Å². The average molecular weight is 763 g/mol. The van der Waals surface area contributed by atoms with E-state index >= 15 is 4.39 Å². The molecule has 0 saturated carbocycles. The molecule has 5 rings (SSSR count). The fourth-order valence-corrected chi connectivity index (χ4v) is 6.47. The number of likely N-dealkylation sites (N-methyl/N-ethyl adjacent to an activating group) is 1. The summed E-state index contributed by atoms with van der Waals surface area (Å²) in [4.78, 5) is 34.8. The number of aliphatic imine (C=N–C) groups is 1. The SMILES string of the molecule is CC(=O)OCC1=C(NC(=O)OCC[N+]2(C[C@](O)(c3cc(F)ccc3F)[C@@H](C)c3nc(-c4ccc(C#N)cc4)cs3)C=NC=N2)N(C)CC=C1.Cl.[Cl-]. The van der Waals surface area contributed by atoms with Crippen molar-refractivity contribution in [2.75, 3.05) is 39.9 Å². The molecule has 3 aromatic rings. The molecule has 2 N–H and O–H groups in total. The summed E-state index contributed by atoms with van der Waals surface area (Å²) in [7, 11) is 1.76. The molecule has 2 aliphatic heterocycles. The van der Waals surface area contributed by atoms with Crippen LogP contribution in [0.5, 0.6) is 0 Å². The van der Waals surface area contributed by atoms with Crippen molar-refractivity contribution in [3.8, 4) is 17.3 Å². The first kappa shape index (κ1) is 40.7. The zero-order valence-corrected chi connectivity index (χ0v) is 30.1. The van der Waals surface area contributed by atoms with Gasteiger partial charge in [-0.3, -0.25) is 10.1 Å². The van der Waals surface area contributed by atoms with E-state index in [0.29, 0.717) is 34.2 Å². The second-order valence-electron chi connectivity index (χ2n) is 11.6. The lowest BCUT2D eigenvalue weighted by Gasteiger charge is -2.38. The molecule has 0 fully saturated rings. The van der Waals surface area contributed by atoms with Crippen LogP contribution in [-0.4, -0.2) is 84.2 Å². The Morgan fingerprint density at radius 1 is 1.22 bits per heavy atom. The van der Waals surface area contributed by atoms with Crippen LogP contribution >= 0.6 is 23.7 Å². The monoisotopic (exact) mass is 761 g/mol. The number of thiazole rings is 1. The third kappa shape index (κ3) is 9.54. The van der Waals surface area contributed by atoms with E-state index in [4.69, 9.17) is 19.7 Å². The summed E-state index contributed by atoms with van der Waals surface area (Å²) in [6.07, 6.45) is 5.53. The number of carbonyl (C=O) groups excluding carboxylic acids is 2. The molecular weight excluding hydrogens is 727 g/mol. The number of nitrogens with zero attached hydrogens (tertiary/aromatic N) is 6. The van der Waals surface area contributed by atoms with Gasteiger partial charge in [-0.25, -0.2) is 18.6 Å². The molecule has 3 heterocycles. The Morgan fingerprint density at radius 3 is 2.63 bits per heavy atom. The minimum absolute atomic E-state index is 0. The van der Waals surface area contributed by atoms with Crippen LogP contribution in [0.15, 0.2) is 81.5 Å². The van der Waals surface area contributed by atoms with Gasteiger partial charge in [0.1, 0.15) is 43.8 Å². The highest BCUT2D eigenvalue weighted by Crippen LogP contribution is 2.42. The van der Waals surface area contributed by atoms with Crippen LogP contribution in [0.25, 0.3) is 11.3 Å². The van der Waals surface area contributed by atoms with Crippen molar-refractivity contribution in [2.24, 2.45) is 10.1 Å². The van der Waals surface area contributed by atoms with Gasteiger partial charge in [0.2, 0.25) is 6.34 Å². The number of nitrogens with one attached hydrogen (secondary N) is 1. The minimum atomic E-state index is -2.07. The number of benzene rings is 2. The summed E-state index contributed by atoms with van der Waals surface area (Å²) in [6.45, 7) is 2.90. The van der Waals surface area contributed by atoms with Crippen molar-refractivity contribution in [2.45, 2.75) is 25.4 Å². The van der Waals surface area contributed by atoms with Gasteiger partial charge < -0.3 is 31.9 Å². The van der Waals surface area contributed by atoms with Crippen molar-refractivity contribution in [1.82, 2.24) is 15.2 Å². The first-order chi connectivity index (χ1) is 23.4. The van der Waals surface area contributed by atoms with Gasteiger partial charge in [-0.05, 0) is 30.3 Å². The number of aromatic nitrogens is 1. The number of amides is 1. The highest BCUT2D eigenvalue weighted by Gasteiger charge is 2.49. The fourth-order valence-electron chi connectivity index (χ4n) is 5.50. The predicted octanol–water partition coefficient (Wildman–Crippen LogP) is 2.18. The zero-order valence-electron chi connectivity index (χ0n) is 27.8. The summed E-state index contributed by atoms with van der Waals surface area (Å²) < 4.78 is 40.2. The topological polar surface area (TPSA) is 150 Å². The number of hydrogen-bond acceptors (Lipinski definition) is 11. The highest BCUT2D eigenvalue weighted by molar-refractivity contribution is 7.10. The van der Waals surface area contributed by atoms with Gasteiger partial charge in [0.05, 0.1) is 22.3 Å². The minimum Gasteiger partial charge on any atom is -1.00 e. The van der Waals surface area contributed by atoms with Gasteiger partial charge in [0, 0.05) is 48.5 Å². The van der Waals surface area contributed by atoms with E-state index in [1.807, 2.05) is 6.08 Å². The van der Waals surface area contributed by atoms with Crippen LogP contribution in [-0.2, 0) is 19.9 Å². The quantitative estimate of drug-likeness (QED) is 0.211. The predicted molar refractivity (Wildman–Crippen MR) is 185 cm³/mol. The maximum Gasteiger partial charge on any atom is 0.412 e. The van der Waals surface area contributed by atoms with Crippen molar-refractivity contribution in [1.29, 1.82) is 5.26 Å². The highest BCUT2D eigenvalue weighted by atomic mass is 35.5. The van der Waals surface area contributed by atoms with Gasteiger partial charge >= 0.3 is 12.1 Å². The van der Waals surface area contributed by atoms with Crippen molar-refractivity contribution in [3.63, 3.8) is 0 Å². The van der Waals surface area contributed by atoms with Crippen molar-refractivity contribution >= 4 is 48.5 Å². The van der Waals surface area contributed by atoms with Gasteiger partial charge in [0.25, 0.3) is 0 Å². The molecule has 0 saturated heterocycles. The van der Waals surface area contributed by atoms with Crippen LogP contribution in [0, 0.1) is 23.0 Å². The lowest BCUT2D eigenvalue weighted by Crippen LogP contribution is -3.00. The van der Waals surface area contributed by atoms with Crippen LogP contribution in [0.3, 0.4) is 0 Å². The molecule has 51 heavy (non-hydrogen) atoms. The average Bonchev–Trinajstić information content (AvgIpc) is 3.76. The number of hydrogen-bond donors (Lipinski definition) is 2. The molecule has 1 amide bonds. The van der Waals surface area contributed by atoms with Crippen LogP contribution in [0.1, 0.15) is 35.9 Å². The van der Waals surface area contributed by atoms with Gasteiger partial charge in [-0.2, -0.15) is 10.3 Å². The van der Waals surface area contributed by atoms with Crippen LogP contribution in [0.4, 0.5) is 13.6 Å². The number of halogens is 4. The maximum absolute atomic E-state index is 15.5. The van der Waals surface area contributed by atoms with E-state index in [0.717, 1.165) is 23.8 Å². The smallest absolute Gasteiger partial charge is 0.412 e. The largest absolute Gasteiger partial charge is 1.00 e. The maximum atomic E-state index is 15.5. The van der Waals surface area contributed by atoms with Crippen molar-refractivity contribution < 1.29 is 49.9 Å². The third-order valence-electron chi connectivity index (χ3n) is 8.21. The summed E-state index contributed by atoms with van der Waals surface area (Å²) in [5, 5.41) is 31.0. The number of rotatable bonds is 12. The van der Waals surface area contributed by atoms with Gasteiger partial charge in [-0.1, -0.05) is 36.3 Å². The molecule has 1 aromatic heterocycles. The Kier molecular flexibility index (Phi) is 13.9. The van der Waals surface area contributed by atoms with E-state index in [1.54, 1.807) is 54.6 Å². The summed E-state index contributed by atoms with van der Waals surface area (Å²) in [5.41, 5.74) is 0.0344. The van der Waals surface area contributed by atoms with E-state index in [9.17, 15) is 19.1 Å². The van der Waals surface area contributed by atoms with Crippen LogP contribution < -0.4 is 17.7 Å². The number of alkyl carbamates (subject to hydrolysis) is 1. The number of esters is 1. The number of nitriles is 1. The molecule has 3 atom stereocenters. The fraction of sp³-hybridized carbons (Fsp3) is 0.294. The molecule has 270 valence electrons. The number of quaternary nitrogens is 1. The molecule has 2 aliphatic rings. The Labute approximate surface area is 309 Å². The zero-order chi connectivity index (χ0) is 35.2. The normalized spacial score (nSPS) is 17.9. The second-order valence-corrected chi connectivity index (χ2v) is 12.5. The molecule has 12 nitrogen and oxygen atoms in total. The summed E-state index contributed by atoms with van der Waals surface area (Å²) >= 11 is 1.24. The molecule has 0 aliphatic carbocycles. The van der Waals surface area contributed by atoms with Crippen LogP contribution in [0.2, 0.25) is 0 Å². The summed E-state index contributed by atoms with van der Waals surface area (Å²) in [5.74, 6) is -2.49. The second kappa shape index (κ2) is 17.5. The molecule has 1 unspecified atom stereocenters. The number of carbonyl (C=O) groups is 2. The molecule has 2 aromatic carbocycles. The standard InChI is InChI=1S/C34H33F2N7O5S.2ClH/c1-22(32-40-30(18-49-32)25-8-6-24(16-37)7-9-25)34(46,28-15-27(35)10-11-29(28)36)19-43(21-38-20-39-43)13-14-47-33(45)41-31-26(17-48-23(2)44)5-4-12-42(31)3;;/h4-11,15,18,20-22,46H,12-14,17,19H2,1-3H3;2*1H/t22-,34+,43?;;/m0../s1. The van der Waals surface area contributed by atoms with Gasteiger partial charge in [-0.15, -0.1) is 28.3 Å². The Hall–Kier alpha value is -4.72. The van der Waals surface area contributed by atoms with E-state index in [2.05, 4.69) is 21.5 Å². The van der Waals surface area contributed by atoms with E-state index in [-0.39, 0.29) is 56.7 Å². The number of ether oxygens (including phenoxy) is 2. The lowest BCUT2D eigenvalue weighted by molar-refractivity contribution is -0.848. The molecule has 17 heteroatoms. The molecule has 0 bridgehead atoms. The Balaban J connectivity index is 0.00000351. The number of aliphatic hydroxyl groups is 1. The first-order valence-electron chi connectivity index (χ1n) is 15.2. The lowest BCUT2D eigenvalue weighted by atomic mass is 9.81. The molecular formula is C34H35Cl2F2N7O5S. The van der Waals surface area contributed by atoms with Gasteiger partial charge in [0.15, 0.2) is 11.9 Å². The van der Waals surface area contributed by atoms with E-state index < -0.39 is 39.8 Å². The first-order valence-corrected chi connectivity index (χ1v) is 16.1. The Bertz CT molecular complexity index is 1890. The Morgan fingerprint density at radius 2 is 1.96 bits per heavy atom.